The maximum absolute atomic E-state index is 12.6. The fourth-order valence-electron chi connectivity index (χ4n) is 3.45. The smallest absolute Gasteiger partial charge is 0.269 e. The van der Waals surface area contributed by atoms with Gasteiger partial charge in [0.15, 0.2) is 5.17 Å². The summed E-state index contributed by atoms with van der Waals surface area (Å²) < 4.78 is 8.53. The molecule has 7 nitrogen and oxygen atoms in total. The minimum Gasteiger partial charge on any atom is -0.487 e. The second-order valence-electron chi connectivity index (χ2n) is 7.90. The van der Waals surface area contributed by atoms with Crippen LogP contribution in [0.1, 0.15) is 22.3 Å². The molecular weight excluding hydrogens is 725 g/mol. The largest absolute Gasteiger partial charge is 0.487 e. The number of nitrogens with one attached hydrogen (secondary N) is 1. The van der Waals surface area contributed by atoms with E-state index in [1.165, 1.54) is 23.9 Å². The number of hydrogen-bond acceptors (Lipinski definition) is 6. The Morgan fingerprint density at radius 3 is 2.56 bits per heavy atom. The zero-order valence-corrected chi connectivity index (χ0v) is 25.1. The van der Waals surface area contributed by atoms with Gasteiger partial charge in [-0.15, -0.1) is 0 Å². The summed E-state index contributed by atoms with van der Waals surface area (Å²) in [6, 6.07) is 14.0. The van der Waals surface area contributed by atoms with Crippen LogP contribution in [0.3, 0.4) is 0 Å². The number of nitro benzene ring substituents is 1. The summed E-state index contributed by atoms with van der Waals surface area (Å²) in [4.78, 5) is 28.3. The number of rotatable bonds is 6. The summed E-state index contributed by atoms with van der Waals surface area (Å²) in [5.74, 6) is 0.414. The van der Waals surface area contributed by atoms with Gasteiger partial charge >= 0.3 is 0 Å². The molecule has 0 bridgehead atoms. The van der Waals surface area contributed by atoms with Gasteiger partial charge in [-0.2, -0.15) is 0 Å². The molecule has 0 unspecified atom stereocenters. The first kappa shape index (κ1) is 26.8. The number of halogens is 3. The summed E-state index contributed by atoms with van der Waals surface area (Å²) in [7, 11) is 0. The fraction of sp³-hybridized carbons (Fsp3) is 0.120. The van der Waals surface area contributed by atoms with Gasteiger partial charge in [-0.25, -0.2) is 4.99 Å². The Hall–Kier alpha value is -2.22. The van der Waals surface area contributed by atoms with Crippen molar-refractivity contribution in [2.45, 2.75) is 20.5 Å². The predicted molar refractivity (Wildman–Crippen MR) is 159 cm³/mol. The molecule has 1 heterocycles. The quantitative estimate of drug-likeness (QED) is 0.120. The molecule has 0 atom stereocenters. The van der Waals surface area contributed by atoms with E-state index in [-0.39, 0.29) is 18.2 Å². The Bertz CT molecular complexity index is 1410. The Balaban J connectivity index is 1.51. The summed E-state index contributed by atoms with van der Waals surface area (Å²) in [5, 5.41) is 14.4. The van der Waals surface area contributed by atoms with Gasteiger partial charge in [0.25, 0.3) is 11.6 Å². The van der Waals surface area contributed by atoms with Crippen molar-refractivity contribution < 1.29 is 14.5 Å². The zero-order chi connectivity index (χ0) is 26.0. The van der Waals surface area contributed by atoms with E-state index in [1.807, 2.05) is 38.1 Å². The number of thioether (sulfide) groups is 1. The van der Waals surface area contributed by atoms with Gasteiger partial charge < -0.3 is 10.1 Å². The zero-order valence-electron chi connectivity index (χ0n) is 19.0. The molecule has 1 N–H and O–H groups in total. The van der Waals surface area contributed by atoms with E-state index in [0.29, 0.717) is 25.9 Å². The van der Waals surface area contributed by atoms with Crippen molar-refractivity contribution in [1.82, 2.24) is 5.32 Å². The van der Waals surface area contributed by atoms with Gasteiger partial charge in [0.2, 0.25) is 0 Å². The first-order valence-corrected chi connectivity index (χ1v) is 14.0. The molecular formula is C25H18Br2IN3O4S. The van der Waals surface area contributed by atoms with E-state index in [0.717, 1.165) is 30.4 Å². The van der Waals surface area contributed by atoms with Crippen molar-refractivity contribution in [2.75, 3.05) is 0 Å². The molecule has 0 saturated carbocycles. The Morgan fingerprint density at radius 1 is 1.17 bits per heavy atom. The number of carbonyl (C=O) groups excluding carboxylic acids is 1. The molecule has 0 aliphatic carbocycles. The van der Waals surface area contributed by atoms with Crippen molar-refractivity contribution in [2.24, 2.45) is 4.99 Å². The van der Waals surface area contributed by atoms with Crippen molar-refractivity contribution in [3.8, 4) is 5.75 Å². The Labute approximate surface area is 242 Å². The third kappa shape index (κ3) is 6.36. The monoisotopic (exact) mass is 741 g/mol. The lowest BCUT2D eigenvalue weighted by Crippen LogP contribution is -2.19. The first-order chi connectivity index (χ1) is 17.1. The van der Waals surface area contributed by atoms with Gasteiger partial charge in [-0.1, -0.05) is 28.1 Å². The predicted octanol–water partition coefficient (Wildman–Crippen LogP) is 7.81. The highest BCUT2D eigenvalue weighted by Crippen LogP contribution is 2.35. The van der Waals surface area contributed by atoms with Crippen LogP contribution < -0.4 is 10.1 Å². The number of carbonyl (C=O) groups is 1. The van der Waals surface area contributed by atoms with Crippen LogP contribution in [-0.4, -0.2) is 16.0 Å². The summed E-state index contributed by atoms with van der Waals surface area (Å²) in [6.45, 7) is 4.19. The van der Waals surface area contributed by atoms with E-state index in [4.69, 9.17) is 4.74 Å². The molecule has 3 aromatic carbocycles. The third-order valence-corrected chi connectivity index (χ3v) is 8.68. The Morgan fingerprint density at radius 2 is 1.89 bits per heavy atom. The lowest BCUT2D eigenvalue weighted by atomic mass is 10.1. The maximum Gasteiger partial charge on any atom is 0.269 e. The van der Waals surface area contributed by atoms with Gasteiger partial charge in [0, 0.05) is 16.6 Å². The van der Waals surface area contributed by atoms with Crippen molar-refractivity contribution in [1.29, 1.82) is 0 Å². The maximum atomic E-state index is 12.6. The number of benzene rings is 3. The summed E-state index contributed by atoms with van der Waals surface area (Å²) in [6.07, 6.45) is 1.80. The van der Waals surface area contributed by atoms with Crippen LogP contribution in [-0.2, 0) is 11.4 Å². The molecule has 184 valence electrons. The van der Waals surface area contributed by atoms with Crippen molar-refractivity contribution in [3.05, 3.63) is 98.3 Å². The van der Waals surface area contributed by atoms with E-state index < -0.39 is 4.92 Å². The molecule has 0 aromatic heterocycles. The van der Waals surface area contributed by atoms with E-state index in [2.05, 4.69) is 64.8 Å². The van der Waals surface area contributed by atoms with E-state index in [1.54, 1.807) is 18.2 Å². The van der Waals surface area contributed by atoms with Crippen LogP contribution in [0.4, 0.5) is 11.4 Å². The molecule has 4 rings (SSSR count). The van der Waals surface area contributed by atoms with Crippen LogP contribution in [0.5, 0.6) is 5.75 Å². The molecule has 36 heavy (non-hydrogen) atoms. The van der Waals surface area contributed by atoms with Crippen LogP contribution in [0.15, 0.2) is 67.4 Å². The molecule has 1 saturated heterocycles. The average molecular weight is 743 g/mol. The van der Waals surface area contributed by atoms with Crippen LogP contribution in [0.2, 0.25) is 0 Å². The number of hydrogen-bond donors (Lipinski definition) is 1. The lowest BCUT2D eigenvalue weighted by molar-refractivity contribution is -0.384. The number of aryl methyl sites for hydroxylation is 2. The lowest BCUT2D eigenvalue weighted by Gasteiger charge is -2.11. The van der Waals surface area contributed by atoms with Gasteiger partial charge in [-0.3, -0.25) is 14.9 Å². The number of aliphatic imine (C=N–C) groups is 1. The number of non-ortho nitro benzene ring substituents is 1. The molecule has 1 fully saturated rings. The van der Waals surface area contributed by atoms with Gasteiger partial charge in [0.05, 0.1) is 23.6 Å². The highest BCUT2D eigenvalue weighted by atomic mass is 127. The highest BCUT2D eigenvalue weighted by Gasteiger charge is 2.24. The Kier molecular flexibility index (Phi) is 8.53. The van der Waals surface area contributed by atoms with Crippen LogP contribution in [0, 0.1) is 27.5 Å². The van der Waals surface area contributed by atoms with Gasteiger partial charge in [0.1, 0.15) is 12.4 Å². The molecule has 1 aliphatic heterocycles. The van der Waals surface area contributed by atoms with E-state index in [9.17, 15) is 14.9 Å². The first-order valence-electron chi connectivity index (χ1n) is 10.5. The number of amides is 1. The molecule has 0 spiro atoms. The summed E-state index contributed by atoms with van der Waals surface area (Å²) >= 11 is 10.6. The van der Waals surface area contributed by atoms with Gasteiger partial charge in [-0.05, 0) is 117 Å². The minimum absolute atomic E-state index is 0.0208. The van der Waals surface area contributed by atoms with Crippen molar-refractivity contribution in [3.63, 3.8) is 0 Å². The average Bonchev–Trinajstić information content (AvgIpc) is 3.15. The highest BCUT2D eigenvalue weighted by molar-refractivity contribution is 14.1. The normalized spacial score (nSPS) is 15.4. The minimum atomic E-state index is -0.431. The SMILES string of the molecule is Cc1cc(N=C2NC(=O)/C(=C/c3cc(Br)c(OCc4cccc([N+](=O)[O-])c4)c(I)c3)S2)cc(C)c1Br. The number of nitro groups is 1. The third-order valence-electron chi connectivity index (χ3n) is 5.13. The van der Waals surface area contributed by atoms with Crippen molar-refractivity contribution >= 4 is 94.7 Å². The van der Waals surface area contributed by atoms with Crippen LogP contribution >= 0.6 is 66.2 Å². The van der Waals surface area contributed by atoms with E-state index >= 15 is 0 Å². The molecule has 0 radical (unpaired) electrons. The molecule has 1 aliphatic rings. The second-order valence-corrected chi connectivity index (χ2v) is 11.7. The molecule has 1 amide bonds. The topological polar surface area (TPSA) is 93.8 Å². The number of amidine groups is 1. The number of ether oxygens (including phenoxy) is 1. The second kappa shape index (κ2) is 11.4. The molecule has 3 aromatic rings. The standard InChI is InChI=1S/C25H18Br2IN3O4S/c1-13-6-17(7-14(2)22(13)27)29-25-30-24(32)21(36-25)11-16-9-19(26)23(20(28)10-16)35-12-15-4-3-5-18(8-15)31(33)34/h3-11H,12H2,1-2H3,(H,29,30,32)/b21-11-. The summed E-state index contributed by atoms with van der Waals surface area (Å²) in [5.41, 5.74) is 4.47. The fourth-order valence-corrected chi connectivity index (χ4v) is 6.29. The van der Waals surface area contributed by atoms with Crippen LogP contribution in [0.25, 0.3) is 6.08 Å². The molecule has 11 heteroatoms. The number of nitrogens with zero attached hydrogens (tertiary/aromatic N) is 2.